The minimum Gasteiger partial charge on any atom is -0.444 e. The van der Waals surface area contributed by atoms with Crippen molar-refractivity contribution in [2.45, 2.75) is 59.6 Å². The molecule has 0 saturated carbocycles. The van der Waals surface area contributed by atoms with Crippen LogP contribution in [-0.4, -0.2) is 23.7 Å². The third-order valence-corrected chi connectivity index (χ3v) is 3.82. The zero-order chi connectivity index (χ0) is 21.1. The maximum atomic E-state index is 12.6. The van der Waals surface area contributed by atoms with E-state index in [0.29, 0.717) is 12.0 Å². The van der Waals surface area contributed by atoms with E-state index in [1.807, 2.05) is 13.8 Å². The van der Waals surface area contributed by atoms with E-state index < -0.39 is 29.3 Å². The maximum absolute atomic E-state index is 12.6. The fraction of sp³-hybridized carbons (Fsp3) is 0.476. The van der Waals surface area contributed by atoms with Gasteiger partial charge in [0.2, 0.25) is 0 Å². The monoisotopic (exact) mass is 389 g/mol. The van der Waals surface area contributed by atoms with Crippen LogP contribution >= 0.6 is 0 Å². The van der Waals surface area contributed by atoms with Crippen LogP contribution in [0.5, 0.6) is 5.75 Å². The van der Waals surface area contributed by atoms with Crippen LogP contribution in [0.2, 0.25) is 0 Å². The summed E-state index contributed by atoms with van der Waals surface area (Å²) in [6.45, 7) is 10.9. The van der Waals surface area contributed by atoms with Crippen LogP contribution < -0.4 is 15.7 Å². The zero-order valence-electron chi connectivity index (χ0n) is 17.1. The van der Waals surface area contributed by atoms with Gasteiger partial charge in [0.1, 0.15) is 23.0 Å². The fourth-order valence-corrected chi connectivity index (χ4v) is 2.69. The Morgan fingerprint density at radius 1 is 1.18 bits per heavy atom. The van der Waals surface area contributed by atoms with Crippen molar-refractivity contribution < 1.29 is 23.5 Å². The van der Waals surface area contributed by atoms with Crippen LogP contribution in [-0.2, 0) is 9.53 Å². The van der Waals surface area contributed by atoms with Crippen LogP contribution in [0, 0.1) is 12.8 Å². The first kappa shape index (κ1) is 21.5. The van der Waals surface area contributed by atoms with Crippen LogP contribution in [0.1, 0.15) is 46.6 Å². The molecule has 0 spiro atoms. The average molecular weight is 389 g/mol. The van der Waals surface area contributed by atoms with Crippen molar-refractivity contribution >= 4 is 23.0 Å². The smallest absolute Gasteiger partial charge is 0.408 e. The van der Waals surface area contributed by atoms with Crippen LogP contribution in [0.4, 0.5) is 4.79 Å². The molecule has 0 unspecified atom stereocenters. The first-order valence-electron chi connectivity index (χ1n) is 9.20. The Labute approximate surface area is 164 Å². The van der Waals surface area contributed by atoms with E-state index in [1.54, 1.807) is 39.8 Å². The molecule has 152 valence electrons. The van der Waals surface area contributed by atoms with Gasteiger partial charge in [-0.05, 0) is 57.7 Å². The topological polar surface area (TPSA) is 94.8 Å². The number of hydrogen-bond donors (Lipinski definition) is 1. The molecule has 0 aliphatic carbocycles. The van der Waals surface area contributed by atoms with Crippen molar-refractivity contribution in [2.75, 3.05) is 0 Å². The van der Waals surface area contributed by atoms with E-state index in [-0.39, 0.29) is 11.7 Å². The fourth-order valence-electron chi connectivity index (χ4n) is 2.69. The number of benzene rings is 1. The minimum absolute atomic E-state index is 0.143. The number of carbonyl (C=O) groups is 2. The number of rotatable bonds is 5. The Bertz CT molecular complexity index is 923. The second kappa shape index (κ2) is 8.46. The molecule has 1 aromatic carbocycles. The number of nitrogens with one attached hydrogen (secondary N) is 1. The molecule has 1 heterocycles. The molecule has 0 radical (unpaired) electrons. The van der Waals surface area contributed by atoms with Gasteiger partial charge < -0.3 is 19.2 Å². The SMILES string of the molecule is Cc1cc(=O)oc2cc(OC(=O)[C@@H](CC(C)C)NC(=O)OC(C)(C)C)ccc12. The molecule has 2 rings (SSSR count). The lowest BCUT2D eigenvalue weighted by atomic mass is 10.0. The summed E-state index contributed by atoms with van der Waals surface area (Å²) < 4.78 is 15.8. The summed E-state index contributed by atoms with van der Waals surface area (Å²) in [5.41, 5.74) is -0.0497. The highest BCUT2D eigenvalue weighted by molar-refractivity contribution is 5.85. The Kier molecular flexibility index (Phi) is 6.48. The summed E-state index contributed by atoms with van der Waals surface area (Å²) in [5, 5.41) is 3.33. The van der Waals surface area contributed by atoms with Crippen molar-refractivity contribution in [2.24, 2.45) is 5.92 Å². The number of hydrogen-bond acceptors (Lipinski definition) is 6. The molecule has 1 N–H and O–H groups in total. The van der Waals surface area contributed by atoms with E-state index in [9.17, 15) is 14.4 Å². The first-order chi connectivity index (χ1) is 12.9. The summed E-state index contributed by atoms with van der Waals surface area (Å²) in [6.07, 6.45) is -0.296. The highest BCUT2D eigenvalue weighted by atomic mass is 16.6. The summed E-state index contributed by atoms with van der Waals surface area (Å²) in [5.74, 6) is -0.246. The van der Waals surface area contributed by atoms with Gasteiger partial charge in [-0.2, -0.15) is 0 Å². The van der Waals surface area contributed by atoms with Gasteiger partial charge in [0.15, 0.2) is 0 Å². The predicted molar refractivity (Wildman–Crippen MR) is 105 cm³/mol. The Hall–Kier alpha value is -2.83. The molecule has 1 atom stereocenters. The van der Waals surface area contributed by atoms with Crippen molar-refractivity contribution in [3.05, 3.63) is 40.2 Å². The van der Waals surface area contributed by atoms with E-state index in [2.05, 4.69) is 5.32 Å². The molecule has 7 nitrogen and oxygen atoms in total. The molecule has 1 amide bonds. The molecular formula is C21H27NO6. The Morgan fingerprint density at radius 3 is 2.46 bits per heavy atom. The van der Waals surface area contributed by atoms with E-state index in [4.69, 9.17) is 13.9 Å². The van der Waals surface area contributed by atoms with Gasteiger partial charge in [0.05, 0.1) is 0 Å². The molecule has 0 saturated heterocycles. The molecule has 28 heavy (non-hydrogen) atoms. The van der Waals surface area contributed by atoms with Gasteiger partial charge in [-0.15, -0.1) is 0 Å². The molecule has 7 heteroatoms. The third-order valence-electron chi connectivity index (χ3n) is 3.82. The summed E-state index contributed by atoms with van der Waals surface area (Å²) in [4.78, 5) is 36.3. The van der Waals surface area contributed by atoms with Gasteiger partial charge in [-0.3, -0.25) is 0 Å². The van der Waals surface area contributed by atoms with Gasteiger partial charge in [-0.1, -0.05) is 13.8 Å². The quantitative estimate of drug-likeness (QED) is 0.473. The van der Waals surface area contributed by atoms with Gasteiger partial charge >= 0.3 is 17.7 Å². The number of aryl methyl sites for hydroxylation is 1. The number of ether oxygens (including phenoxy) is 2. The lowest BCUT2D eigenvalue weighted by Crippen LogP contribution is -2.45. The standard InChI is InChI=1S/C21H27NO6/c1-12(2)9-16(22-20(25)28-21(4,5)6)19(24)26-14-7-8-15-13(3)10-18(23)27-17(15)11-14/h7-8,10-12,16H,9H2,1-6H3,(H,22,25)/t16-/m1/s1. The number of esters is 1. The van der Waals surface area contributed by atoms with Crippen molar-refractivity contribution in [3.63, 3.8) is 0 Å². The largest absolute Gasteiger partial charge is 0.444 e. The molecule has 0 aliphatic heterocycles. The summed E-state index contributed by atoms with van der Waals surface area (Å²) >= 11 is 0. The molecule has 0 bridgehead atoms. The van der Waals surface area contributed by atoms with Gasteiger partial charge in [0, 0.05) is 17.5 Å². The highest BCUT2D eigenvalue weighted by Gasteiger charge is 2.27. The van der Waals surface area contributed by atoms with Crippen molar-refractivity contribution in [1.29, 1.82) is 0 Å². The maximum Gasteiger partial charge on any atom is 0.408 e. The van der Waals surface area contributed by atoms with Crippen molar-refractivity contribution in [3.8, 4) is 5.75 Å². The molecule has 0 aliphatic rings. The predicted octanol–water partition coefficient (Wildman–Crippen LogP) is 3.95. The second-order valence-corrected chi connectivity index (χ2v) is 8.16. The van der Waals surface area contributed by atoms with Crippen molar-refractivity contribution in [1.82, 2.24) is 5.32 Å². The summed E-state index contributed by atoms with van der Waals surface area (Å²) in [6, 6.07) is 5.36. The van der Waals surface area contributed by atoms with Gasteiger partial charge in [-0.25, -0.2) is 14.4 Å². The van der Waals surface area contributed by atoms with E-state index >= 15 is 0 Å². The van der Waals surface area contributed by atoms with Crippen LogP contribution in [0.25, 0.3) is 11.0 Å². The number of amides is 1. The second-order valence-electron chi connectivity index (χ2n) is 8.16. The normalized spacial score (nSPS) is 12.7. The summed E-state index contributed by atoms with van der Waals surface area (Å²) in [7, 11) is 0. The lowest BCUT2D eigenvalue weighted by molar-refractivity contribution is -0.137. The lowest BCUT2D eigenvalue weighted by Gasteiger charge is -2.23. The molecule has 1 aromatic heterocycles. The Morgan fingerprint density at radius 2 is 1.86 bits per heavy atom. The zero-order valence-corrected chi connectivity index (χ0v) is 17.1. The number of fused-ring (bicyclic) bond motifs is 1. The van der Waals surface area contributed by atoms with Gasteiger partial charge in [0.25, 0.3) is 0 Å². The molecule has 2 aromatic rings. The third kappa shape index (κ3) is 6.11. The molecular weight excluding hydrogens is 362 g/mol. The minimum atomic E-state index is -0.866. The number of carbonyl (C=O) groups excluding carboxylic acids is 2. The first-order valence-corrected chi connectivity index (χ1v) is 9.20. The van der Waals surface area contributed by atoms with E-state index in [1.165, 1.54) is 12.1 Å². The molecule has 0 fully saturated rings. The Balaban J connectivity index is 2.19. The van der Waals surface area contributed by atoms with E-state index in [0.717, 1.165) is 10.9 Å². The highest BCUT2D eigenvalue weighted by Crippen LogP contribution is 2.23. The number of alkyl carbamates (subject to hydrolysis) is 1. The van der Waals surface area contributed by atoms with Crippen LogP contribution in [0.3, 0.4) is 0 Å². The van der Waals surface area contributed by atoms with Crippen LogP contribution in [0.15, 0.2) is 33.5 Å². The average Bonchev–Trinajstić information content (AvgIpc) is 2.51.